The maximum Gasteiger partial charge on any atom is 0.417 e. The fourth-order valence-electron chi connectivity index (χ4n) is 3.86. The zero-order valence-corrected chi connectivity index (χ0v) is 17.4. The third kappa shape index (κ3) is 3.95. The second-order valence-corrected chi connectivity index (χ2v) is 9.20. The smallest absolute Gasteiger partial charge is 0.329 e. The minimum atomic E-state index is -4.85. The van der Waals surface area contributed by atoms with Gasteiger partial charge in [0.15, 0.2) is 0 Å². The number of carbonyl (C=O) groups excluding carboxylic acids is 2. The Morgan fingerprint density at radius 3 is 2.53 bits per heavy atom. The van der Waals surface area contributed by atoms with Crippen molar-refractivity contribution in [2.24, 2.45) is 0 Å². The number of hydrogen-bond donors (Lipinski definition) is 2. The summed E-state index contributed by atoms with van der Waals surface area (Å²) in [5.74, 6) is -0.712. The lowest BCUT2D eigenvalue weighted by Crippen LogP contribution is -2.49. The fraction of sp³-hybridized carbons (Fsp3) is 0.238. The van der Waals surface area contributed by atoms with Gasteiger partial charge in [0.1, 0.15) is 6.04 Å². The standard InChI is InChI=1S/C21H18F3N3O4S/c1-12-6-9-17(19(28)25-12)27-11-13-10-14(7-8-15(13)20(27)29)26-32(30,31)18-5-3-2-4-16(18)21(22,23)24/h2-5,7-8,10,17,26H,1,6,9,11H2,(H,25,28). The highest BCUT2D eigenvalue weighted by atomic mass is 32.2. The molecule has 1 saturated heterocycles. The monoisotopic (exact) mass is 465 g/mol. The van der Waals surface area contributed by atoms with Crippen LogP contribution < -0.4 is 10.0 Å². The summed E-state index contributed by atoms with van der Waals surface area (Å²) in [6.45, 7) is 3.78. The van der Waals surface area contributed by atoms with Gasteiger partial charge in [-0.05, 0) is 48.7 Å². The number of allylic oxidation sites excluding steroid dienone is 1. The minimum Gasteiger partial charge on any atom is -0.329 e. The topological polar surface area (TPSA) is 95.6 Å². The highest BCUT2D eigenvalue weighted by Crippen LogP contribution is 2.35. The van der Waals surface area contributed by atoms with Crippen molar-refractivity contribution in [1.82, 2.24) is 10.2 Å². The van der Waals surface area contributed by atoms with Crippen molar-refractivity contribution in [3.63, 3.8) is 0 Å². The number of carbonyl (C=O) groups is 2. The predicted molar refractivity (Wildman–Crippen MR) is 109 cm³/mol. The summed E-state index contributed by atoms with van der Waals surface area (Å²) in [5, 5.41) is 2.62. The number of nitrogens with zero attached hydrogens (tertiary/aromatic N) is 1. The van der Waals surface area contributed by atoms with E-state index in [1.165, 1.54) is 29.2 Å². The Balaban J connectivity index is 1.59. The molecule has 2 aromatic rings. The molecule has 2 amide bonds. The molecule has 1 fully saturated rings. The van der Waals surface area contributed by atoms with Crippen molar-refractivity contribution in [2.45, 2.75) is 36.5 Å². The Morgan fingerprint density at radius 1 is 1.12 bits per heavy atom. The third-order valence-electron chi connectivity index (χ3n) is 5.37. The number of nitrogens with one attached hydrogen (secondary N) is 2. The fourth-order valence-corrected chi connectivity index (χ4v) is 5.14. The Kier molecular flexibility index (Phi) is 5.24. The molecule has 32 heavy (non-hydrogen) atoms. The number of amides is 2. The van der Waals surface area contributed by atoms with E-state index in [0.717, 1.165) is 12.1 Å². The number of sulfonamides is 1. The number of benzene rings is 2. The van der Waals surface area contributed by atoms with Crippen LogP contribution in [-0.2, 0) is 27.5 Å². The van der Waals surface area contributed by atoms with Crippen LogP contribution in [0.1, 0.15) is 34.3 Å². The van der Waals surface area contributed by atoms with E-state index >= 15 is 0 Å². The summed E-state index contributed by atoms with van der Waals surface area (Å²) in [6, 6.07) is 7.28. The van der Waals surface area contributed by atoms with Crippen molar-refractivity contribution in [3.8, 4) is 0 Å². The van der Waals surface area contributed by atoms with Gasteiger partial charge >= 0.3 is 6.18 Å². The summed E-state index contributed by atoms with van der Waals surface area (Å²) in [4.78, 5) is 25.5. The third-order valence-corrected chi connectivity index (χ3v) is 6.81. The molecule has 4 rings (SSSR count). The Hall–Kier alpha value is -3.34. The molecular formula is C21H18F3N3O4S. The number of anilines is 1. The number of fused-ring (bicyclic) bond motifs is 1. The van der Waals surface area contributed by atoms with E-state index in [1.54, 1.807) is 0 Å². The van der Waals surface area contributed by atoms with Crippen molar-refractivity contribution >= 4 is 27.5 Å². The molecule has 0 aromatic heterocycles. The van der Waals surface area contributed by atoms with E-state index in [1.807, 2.05) is 0 Å². The molecule has 2 aliphatic heterocycles. The molecule has 0 aliphatic carbocycles. The predicted octanol–water partition coefficient (Wildman–Crippen LogP) is 3.25. The van der Waals surface area contributed by atoms with Gasteiger partial charge < -0.3 is 10.2 Å². The second kappa shape index (κ2) is 7.66. The summed E-state index contributed by atoms with van der Waals surface area (Å²) in [7, 11) is -4.55. The molecular weight excluding hydrogens is 447 g/mol. The van der Waals surface area contributed by atoms with Crippen LogP contribution in [0.2, 0.25) is 0 Å². The van der Waals surface area contributed by atoms with Crippen LogP contribution in [0.25, 0.3) is 0 Å². The molecule has 0 bridgehead atoms. The second-order valence-electron chi connectivity index (χ2n) is 7.55. The first-order chi connectivity index (χ1) is 15.0. The molecule has 7 nitrogen and oxygen atoms in total. The lowest BCUT2D eigenvalue weighted by molar-refractivity contribution is -0.139. The van der Waals surface area contributed by atoms with Crippen molar-refractivity contribution in [1.29, 1.82) is 0 Å². The average Bonchev–Trinajstić information content (AvgIpc) is 3.03. The maximum atomic E-state index is 13.2. The maximum absolute atomic E-state index is 13.2. The van der Waals surface area contributed by atoms with Gasteiger partial charge in [0.25, 0.3) is 15.9 Å². The van der Waals surface area contributed by atoms with Crippen LogP contribution in [-0.4, -0.2) is 31.2 Å². The van der Waals surface area contributed by atoms with Gasteiger partial charge in [-0.2, -0.15) is 13.2 Å². The van der Waals surface area contributed by atoms with Gasteiger partial charge in [-0.15, -0.1) is 0 Å². The van der Waals surface area contributed by atoms with E-state index in [-0.39, 0.29) is 24.0 Å². The van der Waals surface area contributed by atoms with Gasteiger partial charge in [0.05, 0.1) is 10.5 Å². The first-order valence-electron chi connectivity index (χ1n) is 9.59. The summed E-state index contributed by atoms with van der Waals surface area (Å²) >= 11 is 0. The molecule has 2 heterocycles. The Bertz CT molecular complexity index is 1240. The highest BCUT2D eigenvalue weighted by molar-refractivity contribution is 7.92. The summed E-state index contributed by atoms with van der Waals surface area (Å²) in [6.07, 6.45) is -3.90. The lowest BCUT2D eigenvalue weighted by atomic mass is 10.0. The molecule has 11 heteroatoms. The van der Waals surface area contributed by atoms with Crippen LogP contribution in [0.4, 0.5) is 18.9 Å². The summed E-state index contributed by atoms with van der Waals surface area (Å²) < 4.78 is 67.2. The first-order valence-corrected chi connectivity index (χ1v) is 11.1. The average molecular weight is 465 g/mol. The quantitative estimate of drug-likeness (QED) is 0.725. The molecule has 2 N–H and O–H groups in total. The highest BCUT2D eigenvalue weighted by Gasteiger charge is 2.39. The molecule has 2 aromatic carbocycles. The molecule has 1 atom stereocenters. The zero-order chi connectivity index (χ0) is 23.3. The van der Waals surface area contributed by atoms with E-state index in [0.29, 0.717) is 35.7 Å². The van der Waals surface area contributed by atoms with Gasteiger partial charge in [-0.25, -0.2) is 8.42 Å². The van der Waals surface area contributed by atoms with E-state index < -0.39 is 32.7 Å². The van der Waals surface area contributed by atoms with Crippen LogP contribution in [0.15, 0.2) is 59.6 Å². The van der Waals surface area contributed by atoms with E-state index in [4.69, 9.17) is 0 Å². The van der Waals surface area contributed by atoms with Gasteiger partial charge in [0.2, 0.25) is 5.91 Å². The normalized spacial score (nSPS) is 19.0. The minimum absolute atomic E-state index is 0.0110. The van der Waals surface area contributed by atoms with Crippen molar-refractivity contribution in [3.05, 3.63) is 71.4 Å². The van der Waals surface area contributed by atoms with Crippen LogP contribution in [0.3, 0.4) is 0 Å². The number of alkyl halides is 3. The van der Waals surface area contributed by atoms with Gasteiger partial charge in [-0.3, -0.25) is 14.3 Å². The molecule has 1 unspecified atom stereocenters. The zero-order valence-electron chi connectivity index (χ0n) is 16.6. The largest absolute Gasteiger partial charge is 0.417 e. The van der Waals surface area contributed by atoms with Gasteiger partial charge in [-0.1, -0.05) is 18.7 Å². The SMILES string of the molecule is C=C1CCC(N2Cc3cc(NS(=O)(=O)c4ccccc4C(F)(F)F)ccc3C2=O)C(=O)N1. The van der Waals surface area contributed by atoms with E-state index in [9.17, 15) is 31.2 Å². The van der Waals surface area contributed by atoms with Crippen LogP contribution in [0, 0.1) is 0 Å². The van der Waals surface area contributed by atoms with Crippen molar-refractivity contribution in [2.75, 3.05) is 4.72 Å². The number of piperidine rings is 1. The Morgan fingerprint density at radius 2 is 1.84 bits per heavy atom. The molecule has 168 valence electrons. The molecule has 0 saturated carbocycles. The van der Waals surface area contributed by atoms with Gasteiger partial charge in [0, 0.05) is 23.5 Å². The molecule has 0 radical (unpaired) electrons. The molecule has 0 spiro atoms. The van der Waals surface area contributed by atoms with Crippen LogP contribution in [0.5, 0.6) is 0 Å². The first kappa shape index (κ1) is 21.9. The van der Waals surface area contributed by atoms with Crippen LogP contribution >= 0.6 is 0 Å². The number of hydrogen-bond acceptors (Lipinski definition) is 4. The van der Waals surface area contributed by atoms with E-state index in [2.05, 4.69) is 16.6 Å². The Labute approximate surface area is 182 Å². The number of rotatable bonds is 4. The van der Waals surface area contributed by atoms with Crippen molar-refractivity contribution < 1.29 is 31.2 Å². The molecule has 2 aliphatic rings. The lowest BCUT2D eigenvalue weighted by Gasteiger charge is -2.30. The summed E-state index contributed by atoms with van der Waals surface area (Å²) in [5.41, 5.74) is 0.0837. The number of halogens is 3.